The van der Waals surface area contributed by atoms with Crippen molar-refractivity contribution in [2.75, 3.05) is 43.1 Å². The molecule has 1 amide bonds. The number of hydrogen-bond donors (Lipinski definition) is 2. The number of carbonyl (C=O) groups excluding carboxylic acids is 1. The fourth-order valence-electron chi connectivity index (χ4n) is 5.59. The molecule has 3 aromatic rings. The Morgan fingerprint density at radius 3 is 2.39 bits per heavy atom. The zero-order valence-corrected chi connectivity index (χ0v) is 22.3. The SMILES string of the molecule is Cc1nc(N[C@H](C)c2cc(N)cc(C(F)(F)F)c2)c2cc(C(=O)N(C)C)c(N3CC4C(C3)C4(C)C)nc2n1. The second-order valence-corrected chi connectivity index (χ2v) is 11.2. The first-order chi connectivity index (χ1) is 17.7. The molecule has 1 aliphatic heterocycles. The molecule has 0 radical (unpaired) electrons. The van der Waals surface area contributed by atoms with Crippen molar-refractivity contribution in [2.24, 2.45) is 17.3 Å². The number of aromatic nitrogens is 3. The lowest BCUT2D eigenvalue weighted by molar-refractivity contribution is -0.137. The van der Waals surface area contributed by atoms with Crippen LogP contribution >= 0.6 is 0 Å². The Bertz CT molecular complexity index is 1420. The van der Waals surface area contributed by atoms with Crippen LogP contribution in [0.2, 0.25) is 0 Å². The quantitative estimate of drug-likeness (QED) is 0.455. The number of nitrogen functional groups attached to an aromatic ring is 1. The lowest BCUT2D eigenvalue weighted by atomic mass is 10.0. The van der Waals surface area contributed by atoms with E-state index in [1.807, 2.05) is 0 Å². The Morgan fingerprint density at radius 2 is 1.79 bits per heavy atom. The van der Waals surface area contributed by atoms with Crippen molar-refractivity contribution in [3.63, 3.8) is 0 Å². The number of pyridine rings is 1. The number of alkyl halides is 3. The number of rotatable bonds is 5. The van der Waals surface area contributed by atoms with Gasteiger partial charge in [-0.05, 0) is 60.9 Å². The molecule has 38 heavy (non-hydrogen) atoms. The van der Waals surface area contributed by atoms with E-state index in [0.29, 0.717) is 56.9 Å². The van der Waals surface area contributed by atoms with Crippen LogP contribution in [0.1, 0.15) is 54.1 Å². The van der Waals surface area contributed by atoms with E-state index >= 15 is 0 Å². The van der Waals surface area contributed by atoms with Gasteiger partial charge in [0, 0.05) is 32.9 Å². The number of fused-ring (bicyclic) bond motifs is 2. The van der Waals surface area contributed by atoms with E-state index in [4.69, 9.17) is 10.7 Å². The highest BCUT2D eigenvalue weighted by Gasteiger charge is 2.62. The summed E-state index contributed by atoms with van der Waals surface area (Å²) in [7, 11) is 3.37. The standard InChI is InChI=1S/C27H32F3N7O/c1-13(15-7-16(27(28,29)30)9-17(31)8-15)32-22-18-10-19(25(38)36(5)6)24(35-23(18)34-14(2)33-22)37-11-20-21(12-37)26(20,3)4/h7-10,13,20-21H,11-12,31H2,1-6H3,(H,32,33,34,35)/t13-,20?,21?/m1/s1. The number of carbonyl (C=O) groups is 1. The average molecular weight is 528 g/mol. The zero-order chi connectivity index (χ0) is 27.7. The number of aryl methyl sites for hydroxylation is 1. The summed E-state index contributed by atoms with van der Waals surface area (Å²) < 4.78 is 40.1. The summed E-state index contributed by atoms with van der Waals surface area (Å²) in [6.07, 6.45) is -4.52. The fraction of sp³-hybridized carbons (Fsp3) is 0.481. The molecule has 3 N–H and O–H groups in total. The van der Waals surface area contributed by atoms with Gasteiger partial charge < -0.3 is 20.9 Å². The first kappa shape index (κ1) is 26.0. The van der Waals surface area contributed by atoms with Gasteiger partial charge in [0.25, 0.3) is 5.91 Å². The number of amides is 1. The molecule has 3 heterocycles. The van der Waals surface area contributed by atoms with Gasteiger partial charge in [0.1, 0.15) is 17.5 Å². The van der Waals surface area contributed by atoms with E-state index in [0.717, 1.165) is 25.2 Å². The molecular weight excluding hydrogens is 495 g/mol. The summed E-state index contributed by atoms with van der Waals surface area (Å²) in [4.78, 5) is 30.8. The average Bonchev–Trinajstić information content (AvgIpc) is 3.15. The van der Waals surface area contributed by atoms with E-state index in [9.17, 15) is 18.0 Å². The van der Waals surface area contributed by atoms with Crippen molar-refractivity contribution in [3.05, 3.63) is 46.8 Å². The predicted octanol–water partition coefficient (Wildman–Crippen LogP) is 4.90. The summed E-state index contributed by atoms with van der Waals surface area (Å²) in [5, 5.41) is 3.72. The fourth-order valence-corrected chi connectivity index (χ4v) is 5.59. The Labute approximate surface area is 219 Å². The van der Waals surface area contributed by atoms with Gasteiger partial charge in [-0.1, -0.05) is 13.8 Å². The summed E-state index contributed by atoms with van der Waals surface area (Å²) >= 11 is 0. The third-order valence-corrected chi connectivity index (χ3v) is 8.00. The summed E-state index contributed by atoms with van der Waals surface area (Å²) in [5.74, 6) is 2.36. The Kier molecular flexibility index (Phi) is 5.96. The number of piperidine rings is 1. The molecule has 1 aliphatic carbocycles. The van der Waals surface area contributed by atoms with Gasteiger partial charge in [-0.25, -0.2) is 15.0 Å². The van der Waals surface area contributed by atoms with E-state index in [1.165, 1.54) is 11.0 Å². The summed E-state index contributed by atoms with van der Waals surface area (Å²) in [5.41, 5.74) is 6.49. The topological polar surface area (TPSA) is 100 Å². The van der Waals surface area contributed by atoms with Crippen molar-refractivity contribution < 1.29 is 18.0 Å². The van der Waals surface area contributed by atoms with Gasteiger partial charge >= 0.3 is 6.18 Å². The van der Waals surface area contributed by atoms with Crippen molar-refractivity contribution in [1.82, 2.24) is 19.9 Å². The van der Waals surface area contributed by atoms with Crippen molar-refractivity contribution in [3.8, 4) is 0 Å². The second-order valence-electron chi connectivity index (χ2n) is 11.2. The molecule has 0 spiro atoms. The van der Waals surface area contributed by atoms with Gasteiger partial charge in [0.2, 0.25) is 0 Å². The Morgan fingerprint density at radius 1 is 1.13 bits per heavy atom. The van der Waals surface area contributed by atoms with Crippen LogP contribution < -0.4 is 16.0 Å². The van der Waals surface area contributed by atoms with Crippen molar-refractivity contribution >= 4 is 34.3 Å². The van der Waals surface area contributed by atoms with Crippen LogP contribution in [0.3, 0.4) is 0 Å². The minimum Gasteiger partial charge on any atom is -0.399 e. The zero-order valence-electron chi connectivity index (χ0n) is 22.3. The van der Waals surface area contributed by atoms with Crippen LogP contribution in [-0.4, -0.2) is 52.9 Å². The van der Waals surface area contributed by atoms with Crippen LogP contribution in [0.25, 0.3) is 11.0 Å². The summed E-state index contributed by atoms with van der Waals surface area (Å²) in [6, 6.07) is 4.65. The molecule has 0 bridgehead atoms. The lowest BCUT2D eigenvalue weighted by Crippen LogP contribution is -2.31. The third kappa shape index (κ3) is 4.48. The van der Waals surface area contributed by atoms with Crippen LogP contribution in [0, 0.1) is 24.2 Å². The molecule has 8 nitrogen and oxygen atoms in total. The molecular formula is C27H32F3N7O. The van der Waals surface area contributed by atoms with E-state index in [2.05, 4.69) is 34.0 Å². The van der Waals surface area contributed by atoms with E-state index in [1.54, 1.807) is 34.0 Å². The molecule has 1 saturated carbocycles. The number of nitrogens with two attached hydrogens (primary N) is 1. The first-order valence-corrected chi connectivity index (χ1v) is 12.6. The number of halogens is 3. The highest BCUT2D eigenvalue weighted by atomic mass is 19.4. The van der Waals surface area contributed by atoms with Gasteiger partial charge in [-0.3, -0.25) is 4.79 Å². The van der Waals surface area contributed by atoms with Crippen LogP contribution in [0.4, 0.5) is 30.5 Å². The second kappa shape index (κ2) is 8.71. The number of hydrogen-bond acceptors (Lipinski definition) is 7. The van der Waals surface area contributed by atoms with Crippen LogP contribution in [0.5, 0.6) is 0 Å². The predicted molar refractivity (Wildman–Crippen MR) is 141 cm³/mol. The molecule has 202 valence electrons. The lowest BCUT2D eigenvalue weighted by Gasteiger charge is -2.26. The number of nitrogens with zero attached hydrogens (tertiary/aromatic N) is 5. The molecule has 1 saturated heterocycles. The number of benzene rings is 1. The van der Waals surface area contributed by atoms with Gasteiger partial charge in [-0.2, -0.15) is 13.2 Å². The highest BCUT2D eigenvalue weighted by Crippen LogP contribution is 2.62. The Hall–Kier alpha value is -3.63. The minimum atomic E-state index is -4.52. The Balaban J connectivity index is 1.56. The molecule has 2 aliphatic rings. The van der Waals surface area contributed by atoms with Crippen molar-refractivity contribution in [1.29, 1.82) is 0 Å². The van der Waals surface area contributed by atoms with Crippen LogP contribution in [-0.2, 0) is 6.18 Å². The summed E-state index contributed by atoms with van der Waals surface area (Å²) in [6.45, 7) is 9.65. The number of nitrogens with one attached hydrogen (secondary N) is 1. The molecule has 1 aromatic carbocycles. The maximum absolute atomic E-state index is 13.4. The molecule has 5 rings (SSSR count). The maximum Gasteiger partial charge on any atom is 0.416 e. The normalized spacial score (nSPS) is 20.8. The molecule has 2 unspecified atom stereocenters. The van der Waals surface area contributed by atoms with Crippen LogP contribution in [0.15, 0.2) is 24.3 Å². The molecule has 2 aromatic heterocycles. The number of anilines is 3. The third-order valence-electron chi connectivity index (χ3n) is 8.00. The van der Waals surface area contributed by atoms with E-state index < -0.39 is 17.8 Å². The first-order valence-electron chi connectivity index (χ1n) is 12.6. The molecule has 11 heteroatoms. The van der Waals surface area contributed by atoms with Gasteiger partial charge in [-0.15, -0.1) is 0 Å². The monoisotopic (exact) mass is 527 g/mol. The minimum absolute atomic E-state index is 0.0178. The van der Waals surface area contributed by atoms with Crippen molar-refractivity contribution in [2.45, 2.75) is 39.9 Å². The smallest absolute Gasteiger partial charge is 0.399 e. The van der Waals surface area contributed by atoms with Gasteiger partial charge in [0.05, 0.1) is 22.6 Å². The molecule has 2 fully saturated rings. The largest absolute Gasteiger partial charge is 0.416 e. The van der Waals surface area contributed by atoms with Gasteiger partial charge in [0.15, 0.2) is 5.65 Å². The maximum atomic E-state index is 13.4. The highest BCUT2D eigenvalue weighted by molar-refractivity contribution is 6.03. The molecule has 3 atom stereocenters. The van der Waals surface area contributed by atoms with E-state index in [-0.39, 0.29) is 11.6 Å².